The molecule has 4 heterocycles. The van der Waals surface area contributed by atoms with Crippen molar-refractivity contribution in [2.24, 2.45) is 52.3 Å². The maximum atomic E-state index is 13.2. The van der Waals surface area contributed by atoms with Gasteiger partial charge >= 0.3 is 0 Å². The molecule has 8 aliphatic rings. The fourth-order valence-corrected chi connectivity index (χ4v) is 13.3. The van der Waals surface area contributed by atoms with E-state index in [-0.39, 0.29) is 30.1 Å². The summed E-state index contributed by atoms with van der Waals surface area (Å²) in [5, 5.41) is 8.25. The number of carbonyl (C=O) groups is 2. The molecule has 12 atom stereocenters. The number of piperazine rings is 1. The molecule has 0 aromatic heterocycles. The van der Waals surface area contributed by atoms with E-state index >= 15 is 0 Å². The first kappa shape index (κ1) is 33.0. The second-order valence-electron chi connectivity index (χ2n) is 18.2. The van der Waals surface area contributed by atoms with Gasteiger partial charge in [0, 0.05) is 57.6 Å². The van der Waals surface area contributed by atoms with Crippen molar-refractivity contribution in [2.45, 2.75) is 136 Å². The van der Waals surface area contributed by atoms with Crippen molar-refractivity contribution in [3.05, 3.63) is 0 Å². The van der Waals surface area contributed by atoms with Gasteiger partial charge in [-0.3, -0.25) is 9.59 Å². The molecule has 4 aliphatic heterocycles. The topological polar surface area (TPSA) is 74.3 Å². The monoisotopic (exact) mass is 652 g/mol. The van der Waals surface area contributed by atoms with Gasteiger partial charge in [0.1, 0.15) is 6.42 Å². The number of hydrogen-bond donors (Lipinski definition) is 1. The summed E-state index contributed by atoms with van der Waals surface area (Å²) in [5.41, 5.74) is 0.728. The quantitative estimate of drug-likeness (QED) is 0.384. The fourth-order valence-electron chi connectivity index (χ4n) is 13.3. The summed E-state index contributed by atoms with van der Waals surface area (Å²) in [6.07, 6.45) is 16.4. The first-order chi connectivity index (χ1) is 22.6. The Morgan fingerprint density at radius 2 is 1.53 bits per heavy atom. The van der Waals surface area contributed by atoms with E-state index in [1.165, 1.54) is 64.2 Å². The first-order valence-electron chi connectivity index (χ1n) is 20.0. The van der Waals surface area contributed by atoms with Crippen molar-refractivity contribution in [3.63, 3.8) is 0 Å². The minimum atomic E-state index is -0.328. The predicted octanol–water partition coefficient (Wildman–Crippen LogP) is 5.85. The summed E-state index contributed by atoms with van der Waals surface area (Å²) in [7, 11) is 0. The van der Waals surface area contributed by atoms with Crippen molar-refractivity contribution in [1.29, 1.82) is 0 Å². The molecule has 8 fully saturated rings. The van der Waals surface area contributed by atoms with Crippen LogP contribution in [0, 0.1) is 52.3 Å². The fraction of sp³-hybridized carbons (Fsp3) is 0.949. The highest BCUT2D eigenvalue weighted by atomic mass is 16.7. The van der Waals surface area contributed by atoms with Gasteiger partial charge in [-0.1, -0.05) is 34.1 Å². The van der Waals surface area contributed by atoms with E-state index in [4.69, 9.17) is 9.47 Å². The molecule has 264 valence electrons. The lowest BCUT2D eigenvalue weighted by molar-refractivity contribution is -0.273. The highest BCUT2D eigenvalue weighted by Crippen LogP contribution is 2.71. The molecule has 0 aromatic rings. The van der Waals surface area contributed by atoms with Crippen molar-refractivity contribution in [1.82, 2.24) is 20.2 Å². The third-order valence-corrected chi connectivity index (χ3v) is 16.0. The Hall–Kier alpha value is -1.22. The van der Waals surface area contributed by atoms with Crippen LogP contribution in [-0.2, 0) is 19.1 Å². The Kier molecular flexibility index (Phi) is 8.78. The van der Waals surface area contributed by atoms with Crippen molar-refractivity contribution in [2.75, 3.05) is 45.9 Å². The maximum Gasteiger partial charge on any atom is 0.232 e. The van der Waals surface area contributed by atoms with Gasteiger partial charge in [0.15, 0.2) is 5.79 Å². The molecule has 0 aromatic carbocycles. The van der Waals surface area contributed by atoms with Crippen LogP contribution in [-0.4, -0.2) is 90.5 Å². The summed E-state index contributed by atoms with van der Waals surface area (Å²) in [6.45, 7) is 16.4. The Morgan fingerprint density at radius 1 is 0.787 bits per heavy atom. The molecule has 0 radical (unpaired) electrons. The number of fused-ring (bicyclic) bond motifs is 7. The zero-order chi connectivity index (χ0) is 32.6. The maximum absolute atomic E-state index is 13.2. The summed E-state index contributed by atoms with van der Waals surface area (Å²) in [5.74, 6) is 4.39. The second-order valence-corrected chi connectivity index (χ2v) is 18.2. The van der Waals surface area contributed by atoms with E-state index < -0.39 is 0 Å². The SMILES string of the molecule is C[C@@H]1CC[C@@]2(OC1)O[C@H]1C[C@H]3[C@@H]4CC[C@H]5C[C@H](NC(=O)CC(=O)N6CCN(N7CCCCC7)CC6)CC[C@]5(C)[C@H]4CC[C@]3(C)[C@H]1[C@@H]2C. The van der Waals surface area contributed by atoms with Crippen molar-refractivity contribution < 1.29 is 19.1 Å². The largest absolute Gasteiger partial charge is 0.353 e. The van der Waals surface area contributed by atoms with Crippen LogP contribution in [0.4, 0.5) is 0 Å². The van der Waals surface area contributed by atoms with Gasteiger partial charge in [-0.25, -0.2) is 10.0 Å². The van der Waals surface area contributed by atoms with Crippen LogP contribution in [0.3, 0.4) is 0 Å². The molecule has 1 N–H and O–H groups in total. The standard InChI is InChI=1S/C39H64N4O4/c1-26-10-15-39(46-25-26)27(2)36-33(47-39)23-32-30-9-8-28-22-29(11-13-37(28,3)31(30)12-14-38(32,36)4)40-34(44)24-35(45)41-18-20-43(21-19-41)42-16-6-5-7-17-42/h26-33,36H,5-25H2,1-4H3,(H,40,44)/t26-,27+,28+,29-,30-,31+,32+,33+,36+,37+,38+,39-/m1/s1. The smallest absolute Gasteiger partial charge is 0.232 e. The minimum absolute atomic E-state index is 0.00128. The number of rotatable bonds is 4. The van der Waals surface area contributed by atoms with Gasteiger partial charge in [-0.2, -0.15) is 0 Å². The molecule has 4 aliphatic carbocycles. The zero-order valence-corrected chi connectivity index (χ0v) is 30.0. The number of piperidine rings is 1. The number of amides is 2. The number of hydrogen-bond acceptors (Lipinski definition) is 6. The molecule has 4 saturated heterocycles. The Labute approximate surface area is 284 Å². The van der Waals surface area contributed by atoms with E-state index in [0.717, 1.165) is 82.9 Å². The molecule has 2 amide bonds. The molecular formula is C39H64N4O4. The van der Waals surface area contributed by atoms with Gasteiger partial charge in [0.25, 0.3) is 0 Å². The van der Waals surface area contributed by atoms with E-state index in [0.29, 0.717) is 40.6 Å². The normalized spacial score (nSPS) is 48.8. The zero-order valence-electron chi connectivity index (χ0n) is 30.0. The van der Waals surface area contributed by atoms with Gasteiger partial charge in [0.2, 0.25) is 11.8 Å². The molecule has 47 heavy (non-hydrogen) atoms. The van der Waals surface area contributed by atoms with Crippen LogP contribution in [0.5, 0.6) is 0 Å². The van der Waals surface area contributed by atoms with Gasteiger partial charge in [0.05, 0.1) is 12.7 Å². The van der Waals surface area contributed by atoms with Crippen LogP contribution < -0.4 is 5.32 Å². The van der Waals surface area contributed by atoms with Gasteiger partial charge < -0.3 is 19.7 Å². The summed E-state index contributed by atoms with van der Waals surface area (Å²) in [6, 6.07) is 0.212. The third kappa shape index (κ3) is 5.62. The molecule has 8 nitrogen and oxygen atoms in total. The Morgan fingerprint density at radius 3 is 2.28 bits per heavy atom. The minimum Gasteiger partial charge on any atom is -0.353 e. The number of hydrazine groups is 1. The lowest BCUT2D eigenvalue weighted by Gasteiger charge is -2.61. The highest BCUT2D eigenvalue weighted by Gasteiger charge is 2.69. The number of nitrogens with zero attached hydrogens (tertiary/aromatic N) is 3. The lowest BCUT2D eigenvalue weighted by atomic mass is 9.44. The van der Waals surface area contributed by atoms with Crippen LogP contribution in [0.2, 0.25) is 0 Å². The molecule has 8 heteroatoms. The number of carbonyl (C=O) groups excluding carboxylic acids is 2. The van der Waals surface area contributed by atoms with E-state index in [1.807, 2.05) is 4.90 Å². The second kappa shape index (κ2) is 12.5. The molecule has 0 bridgehead atoms. The Balaban J connectivity index is 0.841. The van der Waals surface area contributed by atoms with Crippen LogP contribution in [0.25, 0.3) is 0 Å². The molecule has 0 unspecified atom stereocenters. The first-order valence-corrected chi connectivity index (χ1v) is 20.0. The molecular weight excluding hydrogens is 588 g/mol. The summed E-state index contributed by atoms with van der Waals surface area (Å²) >= 11 is 0. The average Bonchev–Trinajstić information content (AvgIpc) is 3.52. The van der Waals surface area contributed by atoms with E-state index in [9.17, 15) is 9.59 Å². The van der Waals surface area contributed by atoms with Crippen molar-refractivity contribution in [3.8, 4) is 0 Å². The molecule has 1 spiro atoms. The average molecular weight is 653 g/mol. The number of nitrogens with one attached hydrogen (secondary N) is 1. The van der Waals surface area contributed by atoms with Crippen LogP contribution in [0.15, 0.2) is 0 Å². The molecule has 8 rings (SSSR count). The van der Waals surface area contributed by atoms with Crippen LogP contribution >= 0.6 is 0 Å². The van der Waals surface area contributed by atoms with Crippen molar-refractivity contribution >= 4 is 11.8 Å². The van der Waals surface area contributed by atoms with Gasteiger partial charge in [-0.05, 0) is 117 Å². The lowest BCUT2D eigenvalue weighted by Crippen LogP contribution is -2.57. The molecule has 4 saturated carbocycles. The van der Waals surface area contributed by atoms with Gasteiger partial charge in [-0.15, -0.1) is 0 Å². The predicted molar refractivity (Wildman–Crippen MR) is 182 cm³/mol. The van der Waals surface area contributed by atoms with E-state index in [2.05, 4.69) is 43.0 Å². The summed E-state index contributed by atoms with van der Waals surface area (Å²) < 4.78 is 13.5. The number of ether oxygens (including phenoxy) is 2. The highest BCUT2D eigenvalue weighted by molar-refractivity contribution is 5.97. The van der Waals surface area contributed by atoms with Crippen LogP contribution in [0.1, 0.15) is 118 Å². The summed E-state index contributed by atoms with van der Waals surface area (Å²) in [4.78, 5) is 28.2. The van der Waals surface area contributed by atoms with E-state index in [1.54, 1.807) is 0 Å². The third-order valence-electron chi connectivity index (χ3n) is 16.0. The Bertz CT molecular complexity index is 1180.